The minimum absolute atomic E-state index is 0.0437. The fourth-order valence-electron chi connectivity index (χ4n) is 1.82. The lowest BCUT2D eigenvalue weighted by Crippen LogP contribution is -1.95. The van der Waals surface area contributed by atoms with Crippen LogP contribution >= 0.6 is 23.1 Å². The van der Waals surface area contributed by atoms with E-state index in [-0.39, 0.29) is 5.56 Å². The number of halogens is 1. The minimum Gasteiger partial charge on any atom is -0.383 e. The maximum absolute atomic E-state index is 13.3. The monoisotopic (exact) mass is 316 g/mol. The molecule has 104 valence electrons. The first kappa shape index (κ1) is 13.8. The Kier molecular flexibility index (Phi) is 3.73. The van der Waals surface area contributed by atoms with Crippen molar-refractivity contribution in [2.24, 2.45) is 0 Å². The van der Waals surface area contributed by atoms with Crippen molar-refractivity contribution in [1.82, 2.24) is 9.97 Å². The highest BCUT2D eigenvalue weighted by Gasteiger charge is 2.08. The van der Waals surface area contributed by atoms with Crippen LogP contribution in [0.5, 0.6) is 0 Å². The summed E-state index contributed by atoms with van der Waals surface area (Å²) >= 11 is 2.91. The van der Waals surface area contributed by atoms with E-state index in [1.54, 1.807) is 6.07 Å². The van der Waals surface area contributed by atoms with Gasteiger partial charge in [-0.25, -0.2) is 14.4 Å². The molecule has 0 fully saturated rings. The van der Waals surface area contributed by atoms with Crippen LogP contribution < -0.4 is 5.73 Å². The van der Waals surface area contributed by atoms with Gasteiger partial charge in [0.2, 0.25) is 0 Å². The quantitative estimate of drug-likeness (QED) is 0.590. The Morgan fingerprint density at radius 3 is 3.00 bits per heavy atom. The highest BCUT2D eigenvalue weighted by Crippen LogP contribution is 2.28. The fraction of sp³-hybridized carbons (Fsp3) is 0.0714. The summed E-state index contributed by atoms with van der Waals surface area (Å²) in [6.07, 6.45) is 0. The Morgan fingerprint density at radius 2 is 2.19 bits per heavy atom. The van der Waals surface area contributed by atoms with Gasteiger partial charge in [0.05, 0.1) is 10.9 Å². The summed E-state index contributed by atoms with van der Waals surface area (Å²) in [7, 11) is 0. The third kappa shape index (κ3) is 2.82. The van der Waals surface area contributed by atoms with Gasteiger partial charge in [0.1, 0.15) is 22.5 Å². The summed E-state index contributed by atoms with van der Waals surface area (Å²) in [5, 5.41) is 12.2. The molecule has 0 spiro atoms. The number of nitrogens with two attached hydrogens (primary N) is 1. The van der Waals surface area contributed by atoms with Crippen LogP contribution in [0.15, 0.2) is 34.8 Å². The Balaban J connectivity index is 1.81. The van der Waals surface area contributed by atoms with Crippen LogP contribution in [0.4, 0.5) is 10.2 Å². The first-order chi connectivity index (χ1) is 10.2. The number of rotatable bonds is 3. The number of nitrogens with zero attached hydrogens (tertiary/aromatic N) is 3. The van der Waals surface area contributed by atoms with Crippen molar-refractivity contribution in [1.29, 1.82) is 5.26 Å². The van der Waals surface area contributed by atoms with E-state index in [0.29, 0.717) is 16.7 Å². The van der Waals surface area contributed by atoms with Gasteiger partial charge >= 0.3 is 0 Å². The van der Waals surface area contributed by atoms with Crippen LogP contribution in [0.25, 0.3) is 10.2 Å². The lowest BCUT2D eigenvalue weighted by atomic mass is 10.1. The van der Waals surface area contributed by atoms with E-state index < -0.39 is 5.82 Å². The minimum atomic E-state index is -0.508. The summed E-state index contributed by atoms with van der Waals surface area (Å²) in [4.78, 5) is 9.52. The smallest absolute Gasteiger partial charge is 0.191 e. The number of hydrogen-bond acceptors (Lipinski definition) is 6. The zero-order valence-electron chi connectivity index (χ0n) is 10.7. The lowest BCUT2D eigenvalue weighted by molar-refractivity contribution is 0.623. The molecule has 0 saturated carbocycles. The number of hydrogen-bond donors (Lipinski definition) is 1. The van der Waals surface area contributed by atoms with Crippen molar-refractivity contribution in [2.45, 2.75) is 10.9 Å². The normalized spacial score (nSPS) is 10.7. The molecule has 7 heteroatoms. The molecule has 2 aromatic heterocycles. The number of thiophene rings is 1. The van der Waals surface area contributed by atoms with Gasteiger partial charge in [-0.05, 0) is 29.1 Å². The highest BCUT2D eigenvalue weighted by molar-refractivity contribution is 7.98. The summed E-state index contributed by atoms with van der Waals surface area (Å²) < 4.78 is 13.3. The van der Waals surface area contributed by atoms with Crippen molar-refractivity contribution in [3.63, 3.8) is 0 Å². The van der Waals surface area contributed by atoms with E-state index in [1.165, 1.54) is 35.2 Å². The van der Waals surface area contributed by atoms with Crippen LogP contribution in [0.1, 0.15) is 11.1 Å². The number of thioether (sulfide) groups is 1. The molecular weight excluding hydrogens is 307 g/mol. The standard InChI is InChI=1S/C14H9FN4S2/c15-11-2-1-8(5-9(11)6-16)7-21-14-18-12(17)10-3-4-20-13(10)19-14/h1-5H,7H2,(H2,17,18,19). The van der Waals surface area contributed by atoms with Gasteiger partial charge in [-0.15, -0.1) is 11.3 Å². The van der Waals surface area contributed by atoms with E-state index in [9.17, 15) is 4.39 Å². The molecule has 0 saturated heterocycles. The van der Waals surface area contributed by atoms with E-state index >= 15 is 0 Å². The molecule has 0 aliphatic rings. The number of nitriles is 1. The predicted octanol–water partition coefficient (Wildman–Crippen LogP) is 3.58. The zero-order chi connectivity index (χ0) is 14.8. The molecule has 2 N–H and O–H groups in total. The molecule has 0 bridgehead atoms. The van der Waals surface area contributed by atoms with Crippen LogP contribution in [0.3, 0.4) is 0 Å². The van der Waals surface area contributed by atoms with Gasteiger partial charge in [-0.2, -0.15) is 5.26 Å². The number of fused-ring (bicyclic) bond motifs is 1. The van der Waals surface area contributed by atoms with Gasteiger partial charge in [0.25, 0.3) is 0 Å². The third-order valence-corrected chi connectivity index (χ3v) is 4.58. The topological polar surface area (TPSA) is 75.6 Å². The molecule has 0 atom stereocenters. The SMILES string of the molecule is N#Cc1cc(CSc2nc(N)c3ccsc3n2)ccc1F. The molecule has 0 amide bonds. The third-order valence-electron chi connectivity index (χ3n) is 2.85. The Labute approximate surface area is 128 Å². The molecule has 2 heterocycles. The Hall–Kier alpha value is -2.17. The largest absolute Gasteiger partial charge is 0.383 e. The van der Waals surface area contributed by atoms with Crippen molar-refractivity contribution in [2.75, 3.05) is 5.73 Å². The maximum Gasteiger partial charge on any atom is 0.191 e. The fourth-order valence-corrected chi connectivity index (χ4v) is 3.44. The molecule has 0 unspecified atom stereocenters. The maximum atomic E-state index is 13.3. The number of nitrogen functional groups attached to an aromatic ring is 1. The second kappa shape index (κ2) is 5.68. The highest BCUT2D eigenvalue weighted by atomic mass is 32.2. The van der Waals surface area contributed by atoms with Crippen molar-refractivity contribution < 1.29 is 4.39 Å². The molecule has 1 aromatic carbocycles. The second-order valence-electron chi connectivity index (χ2n) is 4.25. The lowest BCUT2D eigenvalue weighted by Gasteiger charge is -2.03. The average molecular weight is 316 g/mol. The summed E-state index contributed by atoms with van der Waals surface area (Å²) in [6.45, 7) is 0. The van der Waals surface area contributed by atoms with Crippen molar-refractivity contribution in [3.8, 4) is 6.07 Å². The number of anilines is 1. The Bertz CT molecular complexity index is 854. The van der Waals surface area contributed by atoms with Crippen LogP contribution in [-0.2, 0) is 5.75 Å². The first-order valence-corrected chi connectivity index (χ1v) is 7.86. The molecule has 4 nitrogen and oxygen atoms in total. The zero-order valence-corrected chi connectivity index (χ0v) is 12.3. The predicted molar refractivity (Wildman–Crippen MR) is 82.5 cm³/mol. The number of aromatic nitrogens is 2. The van der Waals surface area contributed by atoms with Crippen LogP contribution in [0.2, 0.25) is 0 Å². The Morgan fingerprint density at radius 1 is 1.33 bits per heavy atom. The first-order valence-electron chi connectivity index (χ1n) is 5.99. The van der Waals surface area contributed by atoms with Gasteiger partial charge in [0.15, 0.2) is 5.16 Å². The number of benzene rings is 1. The van der Waals surface area contributed by atoms with E-state index in [1.807, 2.05) is 17.5 Å². The van der Waals surface area contributed by atoms with Crippen LogP contribution in [-0.4, -0.2) is 9.97 Å². The van der Waals surface area contributed by atoms with Gasteiger partial charge in [0, 0.05) is 5.75 Å². The second-order valence-corrected chi connectivity index (χ2v) is 6.08. The molecule has 3 rings (SSSR count). The molecule has 0 aliphatic heterocycles. The average Bonchev–Trinajstić information content (AvgIpc) is 2.95. The summed E-state index contributed by atoms with van der Waals surface area (Å²) in [6, 6.07) is 8.21. The molecule has 3 aromatic rings. The van der Waals surface area contributed by atoms with Crippen LogP contribution in [0, 0.1) is 17.1 Å². The summed E-state index contributed by atoms with van der Waals surface area (Å²) in [5.41, 5.74) is 6.77. The summed E-state index contributed by atoms with van der Waals surface area (Å²) in [5.74, 6) is 0.498. The van der Waals surface area contributed by atoms with E-state index in [4.69, 9.17) is 11.0 Å². The van der Waals surface area contributed by atoms with E-state index in [2.05, 4.69) is 9.97 Å². The molecule has 0 aliphatic carbocycles. The van der Waals surface area contributed by atoms with Gasteiger partial charge in [-0.1, -0.05) is 17.8 Å². The molecular formula is C14H9FN4S2. The van der Waals surface area contributed by atoms with Gasteiger partial charge in [-0.3, -0.25) is 0 Å². The van der Waals surface area contributed by atoms with Crippen molar-refractivity contribution in [3.05, 3.63) is 46.6 Å². The molecule has 21 heavy (non-hydrogen) atoms. The van der Waals surface area contributed by atoms with Crippen molar-refractivity contribution >= 4 is 39.1 Å². The molecule has 0 radical (unpaired) electrons. The van der Waals surface area contributed by atoms with E-state index in [0.717, 1.165) is 15.8 Å². The van der Waals surface area contributed by atoms with Gasteiger partial charge < -0.3 is 5.73 Å².